The van der Waals surface area contributed by atoms with Gasteiger partial charge in [-0.15, -0.1) is 6.58 Å². The lowest BCUT2D eigenvalue weighted by atomic mass is 10.1. The Bertz CT molecular complexity index is 594. The molecule has 0 aliphatic carbocycles. The van der Waals surface area contributed by atoms with Crippen molar-refractivity contribution in [2.75, 3.05) is 17.1 Å². The molecule has 0 heterocycles. The average molecular weight is 310 g/mol. The van der Waals surface area contributed by atoms with Gasteiger partial charge in [-0.3, -0.25) is 9.10 Å². The Kier molecular flexibility index (Phi) is 5.96. The van der Waals surface area contributed by atoms with Crippen molar-refractivity contribution in [1.82, 2.24) is 5.32 Å². The second-order valence-corrected chi connectivity index (χ2v) is 6.71. The molecule has 5 nitrogen and oxygen atoms in total. The molecule has 1 amide bonds. The van der Waals surface area contributed by atoms with Crippen LogP contribution in [0.5, 0.6) is 0 Å². The van der Waals surface area contributed by atoms with Crippen LogP contribution in [0.2, 0.25) is 0 Å². The molecule has 0 spiro atoms. The third kappa shape index (κ3) is 4.60. The molecular formula is C15H22N2O3S. The van der Waals surface area contributed by atoms with E-state index in [1.165, 1.54) is 4.31 Å². The van der Waals surface area contributed by atoms with Crippen LogP contribution in [0.4, 0.5) is 5.69 Å². The number of sulfonamides is 1. The molecule has 0 aromatic heterocycles. The van der Waals surface area contributed by atoms with Crippen molar-refractivity contribution in [3.63, 3.8) is 0 Å². The molecule has 0 saturated heterocycles. The fourth-order valence-corrected chi connectivity index (χ4v) is 3.25. The second kappa shape index (κ2) is 7.26. The van der Waals surface area contributed by atoms with Crippen LogP contribution in [0.25, 0.3) is 0 Å². The molecule has 21 heavy (non-hydrogen) atoms. The predicted molar refractivity (Wildman–Crippen MR) is 85.8 cm³/mol. The van der Waals surface area contributed by atoms with E-state index < -0.39 is 16.1 Å². The number of nitrogens with zero attached hydrogens (tertiary/aromatic N) is 1. The lowest BCUT2D eigenvalue weighted by Crippen LogP contribution is -2.49. The molecule has 1 aromatic carbocycles. The number of hydrogen-bond donors (Lipinski definition) is 1. The van der Waals surface area contributed by atoms with Crippen molar-refractivity contribution in [3.05, 3.63) is 42.5 Å². The number of benzene rings is 1. The highest BCUT2D eigenvalue weighted by atomic mass is 32.2. The highest BCUT2D eigenvalue weighted by Crippen LogP contribution is 2.22. The van der Waals surface area contributed by atoms with Gasteiger partial charge in [0.2, 0.25) is 15.9 Å². The van der Waals surface area contributed by atoms with E-state index in [0.717, 1.165) is 11.8 Å². The quantitative estimate of drug-likeness (QED) is 0.782. The summed E-state index contributed by atoms with van der Waals surface area (Å²) in [5.41, 5.74) is 1.51. The molecule has 1 aromatic rings. The molecule has 6 heteroatoms. The fraction of sp³-hybridized carbons (Fsp3) is 0.400. The zero-order valence-corrected chi connectivity index (χ0v) is 13.5. The van der Waals surface area contributed by atoms with Crippen LogP contribution < -0.4 is 9.62 Å². The van der Waals surface area contributed by atoms with Crippen LogP contribution in [0.15, 0.2) is 36.9 Å². The first-order chi connectivity index (χ1) is 9.81. The van der Waals surface area contributed by atoms with Gasteiger partial charge in [-0.1, -0.05) is 30.7 Å². The van der Waals surface area contributed by atoms with Gasteiger partial charge in [-0.25, -0.2) is 8.42 Å². The van der Waals surface area contributed by atoms with Crippen LogP contribution in [-0.2, 0) is 14.8 Å². The molecule has 0 aliphatic heterocycles. The van der Waals surface area contributed by atoms with Gasteiger partial charge >= 0.3 is 0 Å². The molecule has 1 N–H and O–H groups in total. The summed E-state index contributed by atoms with van der Waals surface area (Å²) in [5.74, 6) is -0.330. The maximum atomic E-state index is 12.2. The van der Waals surface area contributed by atoms with Crippen molar-refractivity contribution >= 4 is 21.6 Å². The van der Waals surface area contributed by atoms with Crippen molar-refractivity contribution in [2.45, 2.75) is 26.3 Å². The Hall–Kier alpha value is -1.82. The number of carbonyl (C=O) groups is 1. The van der Waals surface area contributed by atoms with Gasteiger partial charge in [0.25, 0.3) is 0 Å². The monoisotopic (exact) mass is 310 g/mol. The van der Waals surface area contributed by atoms with Gasteiger partial charge in [0.1, 0.15) is 6.04 Å². The first-order valence-corrected chi connectivity index (χ1v) is 8.60. The molecule has 0 radical (unpaired) electrons. The summed E-state index contributed by atoms with van der Waals surface area (Å²) in [5, 5.41) is 2.65. The number of hydrogen-bond acceptors (Lipinski definition) is 3. The number of carbonyl (C=O) groups excluding carboxylic acids is 1. The van der Waals surface area contributed by atoms with E-state index >= 15 is 0 Å². The first-order valence-electron chi connectivity index (χ1n) is 6.76. The Balaban J connectivity index is 3.20. The molecule has 0 aliphatic rings. The van der Waals surface area contributed by atoms with E-state index in [1.54, 1.807) is 25.1 Å². The number of aryl methyl sites for hydroxylation is 1. The molecule has 1 rings (SSSR count). The van der Waals surface area contributed by atoms with Gasteiger partial charge in [-0.05, 0) is 25.5 Å². The summed E-state index contributed by atoms with van der Waals surface area (Å²) in [7, 11) is -3.57. The van der Waals surface area contributed by atoms with Crippen molar-refractivity contribution in [2.24, 2.45) is 0 Å². The van der Waals surface area contributed by atoms with E-state index in [0.29, 0.717) is 18.7 Å². The number of anilines is 1. The van der Waals surface area contributed by atoms with Crippen molar-refractivity contribution in [1.29, 1.82) is 0 Å². The molecule has 0 bridgehead atoms. The van der Waals surface area contributed by atoms with Crippen LogP contribution in [0.3, 0.4) is 0 Å². The zero-order valence-electron chi connectivity index (χ0n) is 12.7. The molecule has 0 saturated carbocycles. The molecule has 1 atom stereocenters. The minimum atomic E-state index is -3.57. The third-order valence-corrected chi connectivity index (χ3v) is 4.22. The lowest BCUT2D eigenvalue weighted by molar-refractivity contribution is -0.122. The normalized spacial score (nSPS) is 12.5. The summed E-state index contributed by atoms with van der Waals surface area (Å²) >= 11 is 0. The first kappa shape index (κ1) is 17.2. The van der Waals surface area contributed by atoms with Gasteiger partial charge in [0.15, 0.2) is 0 Å². The van der Waals surface area contributed by atoms with Gasteiger partial charge in [0, 0.05) is 6.54 Å². The minimum absolute atomic E-state index is 0.306. The van der Waals surface area contributed by atoms with Gasteiger partial charge < -0.3 is 5.32 Å². The largest absolute Gasteiger partial charge is 0.351 e. The smallest absolute Gasteiger partial charge is 0.244 e. The highest BCUT2D eigenvalue weighted by Gasteiger charge is 2.30. The van der Waals surface area contributed by atoms with Crippen LogP contribution in [-0.4, -0.2) is 33.2 Å². The van der Waals surface area contributed by atoms with E-state index in [9.17, 15) is 13.2 Å². The maximum Gasteiger partial charge on any atom is 0.244 e. The highest BCUT2D eigenvalue weighted by molar-refractivity contribution is 7.92. The number of nitrogens with one attached hydrogen (secondary N) is 1. The Morgan fingerprint density at radius 3 is 2.38 bits per heavy atom. The molecule has 0 fully saturated rings. The summed E-state index contributed by atoms with van der Waals surface area (Å²) in [6, 6.07) is 6.28. The number of rotatable bonds is 7. The SMILES string of the molecule is C=CCNC(=O)C(CC)N(c1ccc(C)cc1)S(C)(=O)=O. The minimum Gasteiger partial charge on any atom is -0.351 e. The Morgan fingerprint density at radius 1 is 1.38 bits per heavy atom. The topological polar surface area (TPSA) is 66.5 Å². The van der Waals surface area contributed by atoms with Crippen molar-refractivity contribution in [3.8, 4) is 0 Å². The molecule has 116 valence electrons. The molecule has 1 unspecified atom stereocenters. The Labute approximate surface area is 126 Å². The zero-order chi connectivity index (χ0) is 16.0. The Morgan fingerprint density at radius 2 is 1.95 bits per heavy atom. The van der Waals surface area contributed by atoms with E-state index in [2.05, 4.69) is 11.9 Å². The van der Waals surface area contributed by atoms with Gasteiger partial charge in [-0.2, -0.15) is 0 Å². The summed E-state index contributed by atoms with van der Waals surface area (Å²) in [6.07, 6.45) is 3.04. The van der Waals surface area contributed by atoms with E-state index in [-0.39, 0.29) is 5.91 Å². The summed E-state index contributed by atoms with van der Waals surface area (Å²) < 4.78 is 25.4. The summed E-state index contributed by atoms with van der Waals surface area (Å²) in [6.45, 7) is 7.54. The maximum absolute atomic E-state index is 12.2. The predicted octanol–water partition coefficient (Wildman–Crippen LogP) is 1.84. The fourth-order valence-electron chi connectivity index (χ4n) is 2.04. The second-order valence-electron chi connectivity index (χ2n) is 4.85. The van der Waals surface area contributed by atoms with E-state index in [4.69, 9.17) is 0 Å². The lowest BCUT2D eigenvalue weighted by Gasteiger charge is -2.30. The molecular weight excluding hydrogens is 288 g/mol. The van der Waals surface area contributed by atoms with Gasteiger partial charge in [0.05, 0.1) is 11.9 Å². The summed E-state index contributed by atoms with van der Waals surface area (Å²) in [4.78, 5) is 12.2. The van der Waals surface area contributed by atoms with Crippen LogP contribution >= 0.6 is 0 Å². The van der Waals surface area contributed by atoms with E-state index in [1.807, 2.05) is 19.1 Å². The standard InChI is InChI=1S/C15H22N2O3S/c1-5-11-16-15(18)14(6-2)17(21(4,19)20)13-9-7-12(3)8-10-13/h5,7-10,14H,1,6,11H2,2-4H3,(H,16,18). The van der Waals surface area contributed by atoms with Crippen LogP contribution in [0.1, 0.15) is 18.9 Å². The van der Waals surface area contributed by atoms with Crippen molar-refractivity contribution < 1.29 is 13.2 Å². The third-order valence-electron chi connectivity index (χ3n) is 3.04. The van der Waals surface area contributed by atoms with Crippen LogP contribution in [0, 0.1) is 6.92 Å². The average Bonchev–Trinajstić information content (AvgIpc) is 2.42. The number of amides is 1.